The van der Waals surface area contributed by atoms with Crippen molar-refractivity contribution in [2.45, 2.75) is 53.4 Å². The van der Waals surface area contributed by atoms with Crippen LogP contribution in [0.4, 0.5) is 0 Å². The van der Waals surface area contributed by atoms with Gasteiger partial charge < -0.3 is 15.0 Å². The van der Waals surface area contributed by atoms with E-state index in [9.17, 15) is 4.79 Å². The van der Waals surface area contributed by atoms with E-state index in [1.54, 1.807) is 0 Å². The van der Waals surface area contributed by atoms with Crippen LogP contribution in [0, 0.1) is 11.3 Å². The van der Waals surface area contributed by atoms with Gasteiger partial charge in [-0.2, -0.15) is 0 Å². The maximum absolute atomic E-state index is 11.8. The molecule has 0 aromatic rings. The minimum absolute atomic E-state index is 0.0460. The minimum atomic E-state index is -0.0460. The predicted molar refractivity (Wildman–Crippen MR) is 91.0 cm³/mol. The zero-order valence-electron chi connectivity index (χ0n) is 14.9. The van der Waals surface area contributed by atoms with E-state index in [1.807, 2.05) is 14.0 Å². The molecule has 0 atom stereocenters. The second-order valence-corrected chi connectivity index (χ2v) is 7.15. The fourth-order valence-electron chi connectivity index (χ4n) is 2.74. The minimum Gasteiger partial charge on any atom is -0.466 e. The number of piperidine rings is 1. The van der Waals surface area contributed by atoms with Crippen LogP contribution < -0.4 is 5.32 Å². The van der Waals surface area contributed by atoms with E-state index in [-0.39, 0.29) is 11.9 Å². The number of esters is 1. The van der Waals surface area contributed by atoms with Crippen molar-refractivity contribution in [3.05, 3.63) is 0 Å². The molecule has 1 rings (SSSR count). The highest BCUT2D eigenvalue weighted by Gasteiger charge is 2.27. The van der Waals surface area contributed by atoms with Crippen LogP contribution in [0.2, 0.25) is 0 Å². The molecular formula is C17H33N3O2. The number of hydrogen-bond acceptors (Lipinski definition) is 3. The van der Waals surface area contributed by atoms with E-state index in [4.69, 9.17) is 4.74 Å². The molecule has 1 N–H and O–H groups in total. The molecule has 0 aromatic carbocycles. The lowest BCUT2D eigenvalue weighted by molar-refractivity contribution is -0.149. The summed E-state index contributed by atoms with van der Waals surface area (Å²) in [6.45, 7) is 11.8. The topological polar surface area (TPSA) is 53.9 Å². The molecule has 0 spiro atoms. The average molecular weight is 311 g/mol. The molecule has 1 aliphatic heterocycles. The predicted octanol–water partition coefficient (Wildman–Crippen LogP) is 2.66. The Hall–Kier alpha value is -1.26. The van der Waals surface area contributed by atoms with Crippen LogP contribution in [0.5, 0.6) is 0 Å². The van der Waals surface area contributed by atoms with Crippen LogP contribution in [-0.4, -0.2) is 50.1 Å². The van der Waals surface area contributed by atoms with Crippen molar-refractivity contribution in [1.29, 1.82) is 0 Å². The number of hydrogen-bond donors (Lipinski definition) is 1. The molecule has 22 heavy (non-hydrogen) atoms. The molecule has 0 saturated carbocycles. The number of nitrogens with zero attached hydrogens (tertiary/aromatic N) is 2. The number of carbonyl (C=O) groups is 1. The highest BCUT2D eigenvalue weighted by molar-refractivity contribution is 5.80. The van der Waals surface area contributed by atoms with Crippen LogP contribution in [0.3, 0.4) is 0 Å². The molecule has 0 bridgehead atoms. The maximum Gasteiger partial charge on any atom is 0.309 e. The van der Waals surface area contributed by atoms with Crippen molar-refractivity contribution in [3.8, 4) is 0 Å². The first kappa shape index (κ1) is 18.8. The van der Waals surface area contributed by atoms with Crippen molar-refractivity contribution in [2.75, 3.05) is 33.3 Å². The van der Waals surface area contributed by atoms with E-state index in [2.05, 4.69) is 36.0 Å². The normalized spacial score (nSPS) is 17.5. The summed E-state index contributed by atoms with van der Waals surface area (Å²) in [6, 6.07) is 0. The number of likely N-dealkylation sites (tertiary alicyclic amines) is 1. The lowest BCUT2D eigenvalue weighted by Crippen LogP contribution is -2.47. The van der Waals surface area contributed by atoms with Gasteiger partial charge in [-0.1, -0.05) is 20.8 Å². The molecule has 1 heterocycles. The molecule has 0 radical (unpaired) electrons. The Bertz CT molecular complexity index is 367. The molecule has 1 saturated heterocycles. The first-order chi connectivity index (χ1) is 10.4. The van der Waals surface area contributed by atoms with E-state index in [0.29, 0.717) is 12.0 Å². The van der Waals surface area contributed by atoms with Crippen molar-refractivity contribution < 1.29 is 9.53 Å². The van der Waals surface area contributed by atoms with Gasteiger partial charge >= 0.3 is 5.97 Å². The second kappa shape index (κ2) is 9.01. The SMILES string of the molecule is CCOC(=O)C1CCN(C(=NC)NCCCC(C)(C)C)CC1. The molecule has 0 aromatic heterocycles. The maximum atomic E-state index is 11.8. The van der Waals surface area contributed by atoms with Crippen LogP contribution in [0.25, 0.3) is 0 Å². The molecule has 0 aliphatic carbocycles. The van der Waals surface area contributed by atoms with E-state index >= 15 is 0 Å². The fourth-order valence-corrected chi connectivity index (χ4v) is 2.74. The van der Waals surface area contributed by atoms with Crippen molar-refractivity contribution in [1.82, 2.24) is 10.2 Å². The van der Waals surface area contributed by atoms with E-state index < -0.39 is 0 Å². The van der Waals surface area contributed by atoms with Crippen molar-refractivity contribution >= 4 is 11.9 Å². The summed E-state index contributed by atoms with van der Waals surface area (Å²) in [4.78, 5) is 18.4. The summed E-state index contributed by atoms with van der Waals surface area (Å²) >= 11 is 0. The van der Waals surface area contributed by atoms with Gasteiger partial charge in [-0.3, -0.25) is 9.79 Å². The van der Waals surface area contributed by atoms with Crippen molar-refractivity contribution in [3.63, 3.8) is 0 Å². The molecule has 0 amide bonds. The largest absolute Gasteiger partial charge is 0.466 e. The summed E-state index contributed by atoms with van der Waals surface area (Å²) in [5.41, 5.74) is 0.378. The van der Waals surface area contributed by atoms with Crippen LogP contribution in [-0.2, 0) is 9.53 Å². The Labute approximate surface area is 135 Å². The van der Waals surface area contributed by atoms with Gasteiger partial charge in [0.15, 0.2) is 5.96 Å². The number of ether oxygens (including phenoxy) is 1. The standard InChI is InChI=1S/C17H33N3O2/c1-6-22-15(21)14-8-12-20(13-9-14)16(18-5)19-11-7-10-17(2,3)4/h14H,6-13H2,1-5H3,(H,18,19). The molecule has 0 unspecified atom stereocenters. The van der Waals surface area contributed by atoms with Gasteiger partial charge in [-0.05, 0) is 38.0 Å². The molecule has 5 heteroatoms. The van der Waals surface area contributed by atoms with Crippen LogP contribution >= 0.6 is 0 Å². The van der Waals surface area contributed by atoms with Gasteiger partial charge in [0.2, 0.25) is 0 Å². The highest BCUT2D eigenvalue weighted by Crippen LogP contribution is 2.20. The average Bonchev–Trinajstić information content (AvgIpc) is 2.47. The molecule has 5 nitrogen and oxygen atoms in total. The number of nitrogens with one attached hydrogen (secondary N) is 1. The van der Waals surface area contributed by atoms with Gasteiger partial charge in [0.25, 0.3) is 0 Å². The lowest BCUT2D eigenvalue weighted by atomic mass is 9.91. The molecule has 1 fully saturated rings. The number of guanidine groups is 1. The Kier molecular flexibility index (Phi) is 7.69. The number of rotatable bonds is 5. The Morgan fingerprint density at radius 3 is 2.45 bits per heavy atom. The quantitative estimate of drug-likeness (QED) is 0.367. The third kappa shape index (κ3) is 6.67. The monoisotopic (exact) mass is 311 g/mol. The van der Waals surface area contributed by atoms with Gasteiger partial charge in [-0.25, -0.2) is 0 Å². The van der Waals surface area contributed by atoms with Crippen molar-refractivity contribution in [2.24, 2.45) is 16.3 Å². The van der Waals surface area contributed by atoms with Gasteiger partial charge in [-0.15, -0.1) is 0 Å². The molecular weight excluding hydrogens is 278 g/mol. The van der Waals surface area contributed by atoms with E-state index in [1.165, 1.54) is 6.42 Å². The summed E-state index contributed by atoms with van der Waals surface area (Å²) < 4.78 is 5.11. The highest BCUT2D eigenvalue weighted by atomic mass is 16.5. The van der Waals surface area contributed by atoms with E-state index in [0.717, 1.165) is 44.9 Å². The third-order valence-electron chi connectivity index (χ3n) is 4.01. The zero-order valence-corrected chi connectivity index (χ0v) is 14.9. The zero-order chi connectivity index (χ0) is 16.6. The smallest absolute Gasteiger partial charge is 0.309 e. The first-order valence-corrected chi connectivity index (χ1v) is 8.49. The van der Waals surface area contributed by atoms with Gasteiger partial charge in [0.1, 0.15) is 0 Å². The summed E-state index contributed by atoms with van der Waals surface area (Å²) in [6.07, 6.45) is 4.03. The Morgan fingerprint density at radius 2 is 1.95 bits per heavy atom. The van der Waals surface area contributed by atoms with Gasteiger partial charge in [0, 0.05) is 26.7 Å². The Morgan fingerprint density at radius 1 is 1.32 bits per heavy atom. The fraction of sp³-hybridized carbons (Fsp3) is 0.882. The number of carbonyl (C=O) groups excluding carboxylic acids is 1. The number of aliphatic imine (C=N–C) groups is 1. The summed E-state index contributed by atoms with van der Waals surface area (Å²) in [5, 5.41) is 3.44. The van der Waals surface area contributed by atoms with Gasteiger partial charge in [0.05, 0.1) is 12.5 Å². The first-order valence-electron chi connectivity index (χ1n) is 8.49. The molecule has 128 valence electrons. The summed E-state index contributed by atoms with van der Waals surface area (Å²) in [7, 11) is 1.82. The lowest BCUT2D eigenvalue weighted by Gasteiger charge is -2.33. The Balaban J connectivity index is 2.33. The third-order valence-corrected chi connectivity index (χ3v) is 4.01. The second-order valence-electron chi connectivity index (χ2n) is 7.15. The van der Waals surface area contributed by atoms with Crippen LogP contribution in [0.1, 0.15) is 53.4 Å². The summed E-state index contributed by atoms with van der Waals surface area (Å²) in [5.74, 6) is 0.960. The van der Waals surface area contributed by atoms with Crippen LogP contribution in [0.15, 0.2) is 4.99 Å². The molecule has 1 aliphatic rings.